The summed E-state index contributed by atoms with van der Waals surface area (Å²) < 4.78 is 6.38. The third kappa shape index (κ3) is 4.40. The molecule has 7 N–H and O–H groups in total. The molecule has 0 radical (unpaired) electrons. The molecule has 11 nitrogen and oxygen atoms in total. The van der Waals surface area contributed by atoms with Gasteiger partial charge >= 0.3 is 0 Å². The number of benzene rings is 2. The number of aliphatic hydroxyl groups excluding tert-OH is 1. The molecule has 1 saturated carbocycles. The van der Waals surface area contributed by atoms with E-state index in [0.29, 0.717) is 25.8 Å². The number of amides is 1. The van der Waals surface area contributed by atoms with Crippen LogP contribution >= 0.6 is 0 Å². The monoisotopic (exact) mass is 724 g/mol. The summed E-state index contributed by atoms with van der Waals surface area (Å²) in [6.07, 6.45) is 7.09. The molecule has 3 aromatic rings. The van der Waals surface area contributed by atoms with Gasteiger partial charge in [-0.3, -0.25) is 20.0 Å². The van der Waals surface area contributed by atoms with E-state index < -0.39 is 45.5 Å². The number of nitrogens with one attached hydrogen (secondary N) is 2. The van der Waals surface area contributed by atoms with Crippen molar-refractivity contribution in [2.75, 3.05) is 51.8 Å². The number of hydrogen-bond acceptors (Lipinski definition) is 9. The zero-order valence-electron chi connectivity index (χ0n) is 31.8. The number of nitrogens with zero attached hydrogens (tertiary/aromatic N) is 3. The molecule has 1 amide bonds. The summed E-state index contributed by atoms with van der Waals surface area (Å²) in [4.78, 5) is 24.8. The fourth-order valence-electron chi connectivity index (χ4n) is 13.0. The topological polar surface area (TPSA) is 151 Å². The predicted octanol–water partition coefficient (Wildman–Crippen LogP) is 3.08. The van der Waals surface area contributed by atoms with E-state index in [1.54, 1.807) is 7.11 Å². The lowest BCUT2D eigenvalue weighted by atomic mass is 9.47. The number of carbonyl (C=O) groups excluding carboxylic acids is 1. The van der Waals surface area contributed by atoms with Gasteiger partial charge in [-0.15, -0.1) is 0 Å². The Morgan fingerprint density at radius 3 is 2.62 bits per heavy atom. The molecule has 2 bridgehead atoms. The Kier molecular flexibility index (Phi) is 7.84. The Morgan fingerprint density at radius 2 is 1.89 bits per heavy atom. The molecule has 10 atom stereocenters. The lowest BCUT2D eigenvalue weighted by Crippen LogP contribution is -2.82. The number of H-pyrrole nitrogens is 1. The van der Waals surface area contributed by atoms with E-state index in [9.17, 15) is 20.1 Å². The number of methoxy groups -OCH3 is 1. The van der Waals surface area contributed by atoms with Crippen LogP contribution in [-0.2, 0) is 22.0 Å². The Labute approximate surface area is 312 Å². The lowest BCUT2D eigenvalue weighted by molar-refractivity contribution is -0.203. The normalized spacial score (nSPS) is 40.1. The van der Waals surface area contributed by atoms with Crippen molar-refractivity contribution in [1.29, 1.82) is 0 Å². The second kappa shape index (κ2) is 11.8. The van der Waals surface area contributed by atoms with Gasteiger partial charge in [-0.1, -0.05) is 44.2 Å². The minimum atomic E-state index is -2.21. The van der Waals surface area contributed by atoms with Crippen LogP contribution in [0.4, 0.5) is 5.69 Å². The maximum Gasteiger partial charge on any atom is 0.270 e. The van der Waals surface area contributed by atoms with E-state index in [-0.39, 0.29) is 12.0 Å². The average Bonchev–Trinajstić information content (AvgIpc) is 3.82. The number of anilines is 1. The largest absolute Gasteiger partial charge is 0.496 e. The predicted molar refractivity (Wildman–Crippen MR) is 205 cm³/mol. The molecule has 5 aliphatic heterocycles. The minimum Gasteiger partial charge on any atom is -0.496 e. The molecule has 11 heteroatoms. The summed E-state index contributed by atoms with van der Waals surface area (Å²) in [5, 5.41) is 38.3. The summed E-state index contributed by atoms with van der Waals surface area (Å²) in [7, 11) is 3.65. The summed E-state index contributed by atoms with van der Waals surface area (Å²) in [5.74, 6) is 6.03. The van der Waals surface area contributed by atoms with Crippen LogP contribution in [0.25, 0.3) is 10.9 Å². The zero-order chi connectivity index (χ0) is 37.3. The average molecular weight is 725 g/mol. The molecule has 2 saturated heterocycles. The number of likely N-dealkylation sites (N-methyl/N-ethyl adjacent to an activating group) is 1. The molecule has 3 fully saturated rings. The fraction of sp³-hybridized carbons (Fsp3) is 0.595. The molecule has 53 heavy (non-hydrogen) atoms. The number of ether oxygens (including phenoxy) is 1. The first-order chi connectivity index (χ1) is 25.3. The number of rotatable bonds is 5. The lowest BCUT2D eigenvalue weighted by Gasteiger charge is -2.63. The third-order valence-electron chi connectivity index (χ3n) is 15.2. The number of nitrogens with two attached hydrogens (primary N) is 1. The first kappa shape index (κ1) is 35.3. The molecular formula is C42H56N6O5. The van der Waals surface area contributed by atoms with Crippen molar-refractivity contribution < 1.29 is 24.9 Å². The maximum atomic E-state index is 14.0. The molecular weight excluding hydrogens is 668 g/mol. The van der Waals surface area contributed by atoms with Gasteiger partial charge in [-0.25, -0.2) is 5.84 Å². The van der Waals surface area contributed by atoms with Crippen LogP contribution in [0.5, 0.6) is 5.75 Å². The molecule has 284 valence electrons. The molecule has 1 spiro atoms. The van der Waals surface area contributed by atoms with Gasteiger partial charge in [0.05, 0.1) is 18.8 Å². The molecule has 9 rings (SSSR count). The van der Waals surface area contributed by atoms with Crippen molar-refractivity contribution in [1.82, 2.24) is 20.2 Å². The molecule has 6 aliphatic rings. The van der Waals surface area contributed by atoms with E-state index in [2.05, 4.69) is 82.6 Å². The van der Waals surface area contributed by atoms with Crippen LogP contribution in [0.2, 0.25) is 0 Å². The highest BCUT2D eigenvalue weighted by atomic mass is 16.5. The van der Waals surface area contributed by atoms with Crippen molar-refractivity contribution in [2.45, 2.75) is 99.5 Å². The highest BCUT2D eigenvalue weighted by Crippen LogP contribution is 2.67. The van der Waals surface area contributed by atoms with Crippen LogP contribution in [-0.4, -0.2) is 112 Å². The zero-order valence-corrected chi connectivity index (χ0v) is 31.8. The number of aromatic nitrogens is 1. The molecule has 1 aromatic heterocycles. The summed E-state index contributed by atoms with van der Waals surface area (Å²) >= 11 is 0. The Balaban J connectivity index is 1.31. The highest BCUT2D eigenvalue weighted by Gasteiger charge is 2.78. The number of fused-ring (bicyclic) bond motifs is 6. The number of hydrazine groups is 1. The first-order valence-corrected chi connectivity index (χ1v) is 19.7. The van der Waals surface area contributed by atoms with E-state index in [0.717, 1.165) is 73.5 Å². The molecule has 3 unspecified atom stereocenters. The highest BCUT2D eigenvalue weighted by molar-refractivity contribution is 5.90. The number of hydrogen-bond donors (Lipinski definition) is 6. The smallest absolute Gasteiger partial charge is 0.270 e. The first-order valence-electron chi connectivity index (χ1n) is 19.7. The van der Waals surface area contributed by atoms with E-state index >= 15 is 0 Å². The van der Waals surface area contributed by atoms with Crippen LogP contribution in [0.15, 0.2) is 48.6 Å². The van der Waals surface area contributed by atoms with E-state index in [4.69, 9.17) is 10.6 Å². The fourth-order valence-corrected chi connectivity index (χ4v) is 13.0. The third-order valence-corrected chi connectivity index (χ3v) is 15.2. The van der Waals surface area contributed by atoms with Crippen molar-refractivity contribution in [3.05, 3.63) is 70.9 Å². The van der Waals surface area contributed by atoms with Gasteiger partial charge in [-0.2, -0.15) is 0 Å². The number of para-hydroxylation sites is 1. The summed E-state index contributed by atoms with van der Waals surface area (Å²) in [6, 6.07) is 12.1. The SMILES string of the molecule is CCC1(O)CC2CN(CCc3c([nH]c4ccccc34)[C@@](C)(c3cc4c(cc3OC)N(C)[C@H]3[C@@](O)(C(=O)NN)[C@H](O)[C@]5(CC)C=CCN6CC[C@]43[C@@H]65)C2)C1. The van der Waals surface area contributed by atoms with Crippen molar-refractivity contribution in [3.63, 3.8) is 0 Å². The molecule has 6 heterocycles. The van der Waals surface area contributed by atoms with Crippen LogP contribution in [0.1, 0.15) is 75.3 Å². The number of aliphatic hydroxyl groups is 3. The second-order valence-electron chi connectivity index (χ2n) is 17.5. The van der Waals surface area contributed by atoms with E-state index in [1.807, 2.05) is 18.9 Å². The Bertz CT molecular complexity index is 2020. The maximum absolute atomic E-state index is 14.0. The number of carbonyl (C=O) groups is 1. The Morgan fingerprint density at radius 1 is 1.09 bits per heavy atom. The number of aromatic amines is 1. The quantitative estimate of drug-likeness (QED) is 0.101. The van der Waals surface area contributed by atoms with Crippen LogP contribution < -0.4 is 20.9 Å². The van der Waals surface area contributed by atoms with Gasteiger partial charge in [-0.05, 0) is 81.2 Å². The van der Waals surface area contributed by atoms with Crippen molar-refractivity contribution in [2.24, 2.45) is 17.2 Å². The van der Waals surface area contributed by atoms with Gasteiger partial charge in [0.1, 0.15) is 11.9 Å². The summed E-state index contributed by atoms with van der Waals surface area (Å²) in [5.41, 5.74) is 3.76. The van der Waals surface area contributed by atoms with Crippen LogP contribution in [0.3, 0.4) is 0 Å². The molecule has 2 aromatic carbocycles. The van der Waals surface area contributed by atoms with Crippen molar-refractivity contribution in [3.8, 4) is 5.75 Å². The van der Waals surface area contributed by atoms with Gasteiger partial charge in [0, 0.05) is 89.4 Å². The van der Waals surface area contributed by atoms with E-state index in [1.165, 1.54) is 16.6 Å². The minimum absolute atomic E-state index is 0.163. The second-order valence-corrected chi connectivity index (χ2v) is 17.5. The van der Waals surface area contributed by atoms with Gasteiger partial charge in [0.15, 0.2) is 5.60 Å². The number of piperidine rings is 1. The summed E-state index contributed by atoms with van der Waals surface area (Å²) in [6.45, 7) is 10.5. The van der Waals surface area contributed by atoms with Gasteiger partial charge < -0.3 is 29.9 Å². The molecule has 1 aliphatic carbocycles. The van der Waals surface area contributed by atoms with Crippen LogP contribution in [0, 0.1) is 11.3 Å². The standard InChI is InChI=1S/C42H56N6O5/c1-6-39(51)22-25-21-38(3,33-27(13-17-47(23-25)24-39)26-11-8-9-12-30(26)44-33)29-19-28-31(20-32(29)53-5)46(4)35-41(28)15-18-48-16-10-14-40(7-2,34(41)48)36(49)42(35,52)37(50)45-43/h8-12,14,19-20,25,34-36,44,49,51-52H,6-7,13,15-18,21-24,43H2,1-5H3,(H,45,50)/t25?,34-,35+,36+,38+,39?,40+,41+,42-/m0/s1. The van der Waals surface area contributed by atoms with Crippen molar-refractivity contribution >= 4 is 22.5 Å². The Hall–Kier alpha value is -3.45. The van der Waals surface area contributed by atoms with Gasteiger partial charge in [0.25, 0.3) is 5.91 Å². The van der Waals surface area contributed by atoms with Gasteiger partial charge in [0.2, 0.25) is 0 Å².